The van der Waals surface area contributed by atoms with Crippen LogP contribution in [-0.4, -0.2) is 6.09 Å². The molecule has 0 saturated heterocycles. The van der Waals surface area contributed by atoms with Gasteiger partial charge in [0.1, 0.15) is 6.09 Å². The van der Waals surface area contributed by atoms with E-state index in [1.165, 1.54) is 0 Å². The zero-order valence-electron chi connectivity index (χ0n) is 10.5. The Balaban J connectivity index is 2.88. The van der Waals surface area contributed by atoms with E-state index in [2.05, 4.69) is 19.2 Å². The van der Waals surface area contributed by atoms with Gasteiger partial charge in [-0.15, -0.1) is 0 Å². The van der Waals surface area contributed by atoms with E-state index in [1.807, 2.05) is 18.2 Å². The van der Waals surface area contributed by atoms with Gasteiger partial charge in [-0.1, -0.05) is 44.9 Å². The van der Waals surface area contributed by atoms with Crippen molar-refractivity contribution in [2.75, 3.05) is 5.32 Å². The first kappa shape index (κ1) is 13.6. The van der Waals surface area contributed by atoms with Crippen LogP contribution in [0.25, 0.3) is 0 Å². The van der Waals surface area contributed by atoms with Gasteiger partial charge in [0.25, 0.3) is 0 Å². The van der Waals surface area contributed by atoms with Crippen LogP contribution in [0.3, 0.4) is 0 Å². The highest BCUT2D eigenvalue weighted by molar-refractivity contribution is 5.82. The maximum atomic E-state index is 10.6. The third-order valence-electron chi connectivity index (χ3n) is 3.04. The third-order valence-corrected chi connectivity index (χ3v) is 3.04. The second-order valence-corrected chi connectivity index (χ2v) is 4.25. The molecule has 94 valence electrons. The Kier molecular flexibility index (Phi) is 5.53. The first-order valence-corrected chi connectivity index (χ1v) is 6.25. The van der Waals surface area contributed by atoms with Gasteiger partial charge >= 0.3 is 0 Å². The first-order chi connectivity index (χ1) is 8.19. The maximum Gasteiger partial charge on any atom is 0.138 e. The lowest BCUT2D eigenvalue weighted by Crippen LogP contribution is -2.29. The number of nitrogens with one attached hydrogen (secondary N) is 1. The molecule has 0 saturated carbocycles. The topological polar surface area (TPSA) is 52.2 Å². The van der Waals surface area contributed by atoms with Crippen molar-refractivity contribution >= 4 is 11.8 Å². The Bertz CT molecular complexity index is 363. The van der Waals surface area contributed by atoms with Crippen molar-refractivity contribution < 1.29 is 9.90 Å². The largest absolute Gasteiger partial charge is 0.530 e. The van der Waals surface area contributed by atoms with Crippen LogP contribution in [0, 0.1) is 0 Å². The van der Waals surface area contributed by atoms with Gasteiger partial charge in [-0.2, -0.15) is 0 Å². The Hall–Kier alpha value is -1.51. The molecule has 0 heterocycles. The van der Waals surface area contributed by atoms with Gasteiger partial charge in [0.2, 0.25) is 0 Å². The second kappa shape index (κ2) is 6.94. The Labute approximate surface area is 103 Å². The fourth-order valence-corrected chi connectivity index (χ4v) is 2.11. The van der Waals surface area contributed by atoms with E-state index in [0.29, 0.717) is 11.6 Å². The van der Waals surface area contributed by atoms with Crippen molar-refractivity contribution in [2.45, 2.75) is 45.4 Å². The maximum absolute atomic E-state index is 10.6. The predicted octanol–water partition coefficient (Wildman–Crippen LogP) is 3.13. The van der Waals surface area contributed by atoms with E-state index in [9.17, 15) is 9.90 Å². The van der Waals surface area contributed by atoms with Gasteiger partial charge in [0.05, 0.1) is 0 Å². The summed E-state index contributed by atoms with van der Waals surface area (Å²) in [5.41, 5.74) is 1.74. The number of carboxylic acid groups (broad SMARTS) is 1. The second-order valence-electron chi connectivity index (χ2n) is 4.25. The SMILES string of the molecule is CCCCC(CC)c1ccccc1NC(=O)[O-]. The molecule has 0 aliphatic carbocycles. The van der Waals surface area contributed by atoms with E-state index >= 15 is 0 Å². The minimum absolute atomic E-state index is 0.415. The van der Waals surface area contributed by atoms with Gasteiger partial charge in [0.15, 0.2) is 0 Å². The van der Waals surface area contributed by atoms with Crippen LogP contribution >= 0.6 is 0 Å². The molecule has 1 unspecified atom stereocenters. The average Bonchev–Trinajstić information content (AvgIpc) is 2.31. The predicted molar refractivity (Wildman–Crippen MR) is 68.0 cm³/mol. The summed E-state index contributed by atoms with van der Waals surface area (Å²) in [6.07, 6.45) is 3.19. The zero-order valence-corrected chi connectivity index (χ0v) is 10.5. The summed E-state index contributed by atoms with van der Waals surface area (Å²) in [4.78, 5) is 10.6. The minimum atomic E-state index is -1.25. The van der Waals surface area contributed by atoms with Crippen LogP contribution < -0.4 is 10.4 Å². The Morgan fingerprint density at radius 2 is 2.06 bits per heavy atom. The number of para-hydroxylation sites is 1. The van der Waals surface area contributed by atoms with Crippen molar-refractivity contribution in [2.24, 2.45) is 0 Å². The third kappa shape index (κ3) is 4.10. The molecular weight excluding hydrogens is 214 g/mol. The normalized spacial score (nSPS) is 12.1. The van der Waals surface area contributed by atoms with Gasteiger partial charge in [-0.25, -0.2) is 0 Å². The molecule has 0 bridgehead atoms. The molecule has 3 heteroatoms. The number of amides is 1. The van der Waals surface area contributed by atoms with Crippen molar-refractivity contribution in [3.05, 3.63) is 29.8 Å². The summed E-state index contributed by atoms with van der Waals surface area (Å²) in [6.45, 7) is 4.30. The monoisotopic (exact) mass is 234 g/mol. The van der Waals surface area contributed by atoms with E-state index < -0.39 is 6.09 Å². The molecule has 1 atom stereocenters. The summed E-state index contributed by atoms with van der Waals surface area (Å²) in [7, 11) is 0. The lowest BCUT2D eigenvalue weighted by atomic mass is 9.90. The van der Waals surface area contributed by atoms with Crippen molar-refractivity contribution in [3.63, 3.8) is 0 Å². The van der Waals surface area contributed by atoms with Crippen LogP contribution in [0.5, 0.6) is 0 Å². The number of carbonyl (C=O) groups is 1. The van der Waals surface area contributed by atoms with E-state index in [0.717, 1.165) is 31.2 Å². The molecule has 3 nitrogen and oxygen atoms in total. The van der Waals surface area contributed by atoms with Crippen LogP contribution in [0.4, 0.5) is 10.5 Å². The smallest absolute Gasteiger partial charge is 0.138 e. The fraction of sp³-hybridized carbons (Fsp3) is 0.500. The quantitative estimate of drug-likeness (QED) is 0.822. The van der Waals surface area contributed by atoms with Gasteiger partial charge in [0, 0.05) is 5.69 Å². The number of hydrogen-bond acceptors (Lipinski definition) is 2. The van der Waals surface area contributed by atoms with Crippen LogP contribution in [0.15, 0.2) is 24.3 Å². The molecule has 1 rings (SSSR count). The van der Waals surface area contributed by atoms with E-state index in [4.69, 9.17) is 0 Å². The van der Waals surface area contributed by atoms with Gasteiger partial charge < -0.3 is 15.2 Å². The number of benzene rings is 1. The van der Waals surface area contributed by atoms with Crippen LogP contribution in [0.2, 0.25) is 0 Å². The molecule has 1 amide bonds. The average molecular weight is 234 g/mol. The number of rotatable bonds is 6. The molecule has 0 radical (unpaired) electrons. The molecule has 0 spiro atoms. The van der Waals surface area contributed by atoms with Gasteiger partial charge in [-0.3, -0.25) is 0 Å². The molecule has 0 aliphatic heterocycles. The van der Waals surface area contributed by atoms with Crippen LogP contribution in [0.1, 0.15) is 51.0 Å². The highest BCUT2D eigenvalue weighted by Crippen LogP contribution is 2.30. The van der Waals surface area contributed by atoms with Gasteiger partial charge in [-0.05, 0) is 30.4 Å². The molecule has 0 aliphatic rings. The first-order valence-electron chi connectivity index (χ1n) is 6.25. The number of anilines is 1. The lowest BCUT2D eigenvalue weighted by Gasteiger charge is -2.20. The summed E-state index contributed by atoms with van der Waals surface area (Å²) in [5.74, 6) is 0.415. The Morgan fingerprint density at radius 1 is 1.35 bits per heavy atom. The summed E-state index contributed by atoms with van der Waals surface area (Å²) in [6, 6.07) is 7.57. The molecule has 17 heavy (non-hydrogen) atoms. The number of carbonyl (C=O) groups excluding carboxylic acids is 1. The van der Waals surface area contributed by atoms with E-state index in [1.54, 1.807) is 6.07 Å². The highest BCUT2D eigenvalue weighted by Gasteiger charge is 2.12. The summed E-state index contributed by atoms with van der Waals surface area (Å²) < 4.78 is 0. The fourth-order valence-electron chi connectivity index (χ4n) is 2.11. The molecule has 1 N–H and O–H groups in total. The zero-order chi connectivity index (χ0) is 12.7. The summed E-state index contributed by atoms with van der Waals surface area (Å²) in [5, 5.41) is 13.0. The highest BCUT2D eigenvalue weighted by atomic mass is 16.4. The molecule has 0 fully saturated rings. The Morgan fingerprint density at radius 3 is 2.65 bits per heavy atom. The molecular formula is C14H20NO2-. The lowest BCUT2D eigenvalue weighted by molar-refractivity contribution is -0.242. The molecule has 0 aromatic heterocycles. The molecule has 1 aromatic rings. The molecule has 1 aromatic carbocycles. The standard InChI is InChI=1S/C14H21NO2/c1-3-5-8-11(4-2)12-9-6-7-10-13(12)15-14(16)17/h6-7,9-11,15H,3-5,8H2,1-2H3,(H,16,17)/p-1. The minimum Gasteiger partial charge on any atom is -0.530 e. The van der Waals surface area contributed by atoms with E-state index in [-0.39, 0.29) is 0 Å². The van der Waals surface area contributed by atoms with Crippen LogP contribution in [-0.2, 0) is 0 Å². The van der Waals surface area contributed by atoms with Crippen molar-refractivity contribution in [1.29, 1.82) is 0 Å². The number of unbranched alkanes of at least 4 members (excludes halogenated alkanes) is 1. The number of hydrogen-bond donors (Lipinski definition) is 1. The van der Waals surface area contributed by atoms with Crippen molar-refractivity contribution in [3.8, 4) is 0 Å². The van der Waals surface area contributed by atoms with Crippen molar-refractivity contribution in [1.82, 2.24) is 0 Å². The summed E-state index contributed by atoms with van der Waals surface area (Å²) >= 11 is 0.